The van der Waals surface area contributed by atoms with Gasteiger partial charge in [0.2, 0.25) is 11.8 Å². The Morgan fingerprint density at radius 1 is 0.957 bits per heavy atom. The van der Waals surface area contributed by atoms with Crippen LogP contribution in [0.3, 0.4) is 0 Å². The second-order valence-electron chi connectivity index (χ2n) is 5.90. The number of hydrogen-bond acceptors (Lipinski definition) is 4. The van der Waals surface area contributed by atoms with E-state index < -0.39 is 12.0 Å². The molecule has 0 radical (unpaired) electrons. The molecular formula is C17H30N2O4. The van der Waals surface area contributed by atoms with Crippen molar-refractivity contribution in [3.8, 4) is 0 Å². The van der Waals surface area contributed by atoms with E-state index in [9.17, 15) is 14.4 Å². The third kappa shape index (κ3) is 5.84. The van der Waals surface area contributed by atoms with E-state index in [1.54, 1.807) is 16.7 Å². The van der Waals surface area contributed by atoms with Crippen LogP contribution in [0.1, 0.15) is 59.3 Å². The van der Waals surface area contributed by atoms with Crippen molar-refractivity contribution in [1.29, 1.82) is 0 Å². The van der Waals surface area contributed by atoms with E-state index in [4.69, 9.17) is 4.74 Å². The minimum Gasteiger partial charge on any atom is -0.464 e. The zero-order valence-corrected chi connectivity index (χ0v) is 14.7. The van der Waals surface area contributed by atoms with Gasteiger partial charge in [-0.15, -0.1) is 0 Å². The van der Waals surface area contributed by atoms with Crippen LogP contribution in [0.4, 0.5) is 0 Å². The smallest absolute Gasteiger partial charge is 0.330 e. The monoisotopic (exact) mass is 326 g/mol. The largest absolute Gasteiger partial charge is 0.464 e. The molecule has 1 aliphatic heterocycles. The number of hydrogen-bond donors (Lipinski definition) is 0. The van der Waals surface area contributed by atoms with E-state index in [0.717, 1.165) is 25.7 Å². The maximum Gasteiger partial charge on any atom is 0.330 e. The summed E-state index contributed by atoms with van der Waals surface area (Å²) in [4.78, 5) is 40.0. The number of piperazine rings is 1. The number of unbranched alkanes of at least 4 members (excludes halogenated alkanes) is 2. The molecule has 23 heavy (non-hydrogen) atoms. The van der Waals surface area contributed by atoms with Crippen LogP contribution in [0.25, 0.3) is 0 Å². The van der Waals surface area contributed by atoms with Gasteiger partial charge < -0.3 is 14.5 Å². The topological polar surface area (TPSA) is 66.9 Å². The summed E-state index contributed by atoms with van der Waals surface area (Å²) >= 11 is 0. The van der Waals surface area contributed by atoms with E-state index in [-0.39, 0.29) is 25.0 Å². The molecule has 1 aliphatic rings. The number of carbonyl (C=O) groups is 3. The fraction of sp³-hybridized carbons (Fsp3) is 0.824. The van der Waals surface area contributed by atoms with Crippen molar-refractivity contribution in [3.05, 3.63) is 0 Å². The third-order valence-electron chi connectivity index (χ3n) is 4.10. The van der Waals surface area contributed by atoms with Gasteiger partial charge in [-0.2, -0.15) is 0 Å². The first-order valence-corrected chi connectivity index (χ1v) is 8.78. The molecule has 0 aromatic carbocycles. The molecule has 0 aromatic heterocycles. The molecule has 0 N–H and O–H groups in total. The molecule has 0 saturated carbocycles. The van der Waals surface area contributed by atoms with Crippen LogP contribution in [0, 0.1) is 0 Å². The second kappa shape index (κ2) is 10.2. The summed E-state index contributed by atoms with van der Waals surface area (Å²) in [5.74, 6) is -0.377. The summed E-state index contributed by atoms with van der Waals surface area (Å²) in [6, 6.07) is -0.668. The predicted molar refractivity (Wildman–Crippen MR) is 87.8 cm³/mol. The minimum atomic E-state index is -0.668. The van der Waals surface area contributed by atoms with Gasteiger partial charge in [-0.25, -0.2) is 4.79 Å². The SMILES string of the molecule is CCCCC(=O)N1CCN(C(=O)CCCC)[C@@H](C(=O)OCC)C1. The van der Waals surface area contributed by atoms with E-state index in [1.165, 1.54) is 0 Å². The van der Waals surface area contributed by atoms with E-state index in [1.807, 2.05) is 13.8 Å². The van der Waals surface area contributed by atoms with Gasteiger partial charge in [-0.1, -0.05) is 26.7 Å². The first kappa shape index (κ1) is 19.5. The zero-order valence-electron chi connectivity index (χ0n) is 14.7. The standard InChI is InChI=1S/C17H30N2O4/c1-4-7-9-15(20)18-11-12-19(16(21)10-8-5-2)14(13-18)17(22)23-6-3/h14H,4-13H2,1-3H3/t14-/m1/s1. The lowest BCUT2D eigenvalue weighted by molar-refractivity contribution is -0.160. The van der Waals surface area contributed by atoms with Crippen molar-refractivity contribution in [3.63, 3.8) is 0 Å². The van der Waals surface area contributed by atoms with Crippen LogP contribution >= 0.6 is 0 Å². The Kier molecular flexibility index (Phi) is 8.66. The number of carbonyl (C=O) groups excluding carboxylic acids is 3. The highest BCUT2D eigenvalue weighted by molar-refractivity contribution is 5.86. The first-order chi connectivity index (χ1) is 11.0. The summed E-state index contributed by atoms with van der Waals surface area (Å²) in [7, 11) is 0. The Bertz CT molecular complexity index is 411. The molecule has 6 nitrogen and oxygen atoms in total. The molecule has 0 spiro atoms. The highest BCUT2D eigenvalue weighted by Gasteiger charge is 2.37. The van der Waals surface area contributed by atoms with Crippen LogP contribution < -0.4 is 0 Å². The molecule has 0 aromatic rings. The summed E-state index contributed by atoms with van der Waals surface area (Å²) < 4.78 is 5.10. The van der Waals surface area contributed by atoms with Crippen molar-refractivity contribution in [1.82, 2.24) is 9.80 Å². The van der Waals surface area contributed by atoms with E-state index in [0.29, 0.717) is 25.9 Å². The Balaban J connectivity index is 2.75. The Morgan fingerprint density at radius 2 is 1.57 bits per heavy atom. The quantitative estimate of drug-likeness (QED) is 0.640. The second-order valence-corrected chi connectivity index (χ2v) is 5.90. The molecule has 2 amide bonds. The molecule has 0 aliphatic carbocycles. The van der Waals surface area contributed by atoms with Crippen molar-refractivity contribution in [2.75, 3.05) is 26.2 Å². The lowest BCUT2D eigenvalue weighted by Gasteiger charge is -2.40. The van der Waals surface area contributed by atoms with Crippen molar-refractivity contribution in [2.45, 2.75) is 65.3 Å². The molecule has 1 atom stereocenters. The summed E-state index contributed by atoms with van der Waals surface area (Å²) in [5.41, 5.74) is 0. The molecule has 1 saturated heterocycles. The summed E-state index contributed by atoms with van der Waals surface area (Å²) in [5, 5.41) is 0. The van der Waals surface area contributed by atoms with Gasteiger partial charge in [-0.3, -0.25) is 9.59 Å². The van der Waals surface area contributed by atoms with Gasteiger partial charge in [0.25, 0.3) is 0 Å². The van der Waals surface area contributed by atoms with Crippen molar-refractivity contribution >= 4 is 17.8 Å². The van der Waals surface area contributed by atoms with Gasteiger partial charge in [0.05, 0.1) is 13.2 Å². The number of ether oxygens (including phenoxy) is 1. The lowest BCUT2D eigenvalue weighted by atomic mass is 10.1. The predicted octanol–water partition coefficient (Wildman–Crippen LogP) is 1.97. The van der Waals surface area contributed by atoms with Gasteiger partial charge >= 0.3 is 5.97 Å². The zero-order chi connectivity index (χ0) is 17.2. The highest BCUT2D eigenvalue weighted by atomic mass is 16.5. The lowest BCUT2D eigenvalue weighted by Crippen LogP contribution is -2.59. The summed E-state index contributed by atoms with van der Waals surface area (Å²) in [6.45, 7) is 7.24. The van der Waals surface area contributed by atoms with Crippen LogP contribution in [0.2, 0.25) is 0 Å². The summed E-state index contributed by atoms with van der Waals surface area (Å²) in [6.07, 6.45) is 4.49. The fourth-order valence-corrected chi connectivity index (χ4v) is 2.71. The van der Waals surface area contributed by atoms with Crippen LogP contribution in [-0.2, 0) is 19.1 Å². The number of amides is 2. The highest BCUT2D eigenvalue weighted by Crippen LogP contribution is 2.16. The average Bonchev–Trinajstić information content (AvgIpc) is 2.57. The van der Waals surface area contributed by atoms with Gasteiger partial charge in [0.15, 0.2) is 0 Å². The van der Waals surface area contributed by atoms with Gasteiger partial charge in [0, 0.05) is 25.9 Å². The number of esters is 1. The van der Waals surface area contributed by atoms with Crippen LogP contribution in [0.5, 0.6) is 0 Å². The fourth-order valence-electron chi connectivity index (χ4n) is 2.71. The Morgan fingerprint density at radius 3 is 2.13 bits per heavy atom. The Hall–Kier alpha value is -1.59. The normalized spacial score (nSPS) is 18.0. The molecule has 1 heterocycles. The molecule has 1 rings (SSSR count). The number of rotatable bonds is 8. The van der Waals surface area contributed by atoms with E-state index in [2.05, 4.69) is 0 Å². The minimum absolute atomic E-state index is 0.0226. The first-order valence-electron chi connectivity index (χ1n) is 8.78. The van der Waals surface area contributed by atoms with E-state index >= 15 is 0 Å². The van der Waals surface area contributed by atoms with Gasteiger partial charge in [-0.05, 0) is 19.8 Å². The molecule has 6 heteroatoms. The van der Waals surface area contributed by atoms with Crippen LogP contribution in [0.15, 0.2) is 0 Å². The molecule has 0 unspecified atom stereocenters. The molecule has 132 valence electrons. The maximum atomic E-state index is 12.3. The average molecular weight is 326 g/mol. The van der Waals surface area contributed by atoms with Gasteiger partial charge in [0.1, 0.15) is 6.04 Å². The molecule has 0 bridgehead atoms. The van der Waals surface area contributed by atoms with Crippen molar-refractivity contribution in [2.24, 2.45) is 0 Å². The van der Waals surface area contributed by atoms with Crippen LogP contribution in [-0.4, -0.2) is 59.9 Å². The van der Waals surface area contributed by atoms with Crippen molar-refractivity contribution < 1.29 is 19.1 Å². The maximum absolute atomic E-state index is 12.3. The third-order valence-corrected chi connectivity index (χ3v) is 4.10. The number of nitrogens with zero attached hydrogens (tertiary/aromatic N) is 2. The molecular weight excluding hydrogens is 296 g/mol. The molecule has 1 fully saturated rings. The Labute approximate surface area is 139 Å².